The molecule has 5 nitrogen and oxygen atoms in total. The summed E-state index contributed by atoms with van der Waals surface area (Å²) in [4.78, 5) is 12.5. The second-order valence-electron chi connectivity index (χ2n) is 6.67. The van der Waals surface area contributed by atoms with Gasteiger partial charge in [0.2, 0.25) is 0 Å². The maximum atomic E-state index is 13.2. The lowest BCUT2D eigenvalue weighted by Crippen LogP contribution is -2.20. The summed E-state index contributed by atoms with van der Waals surface area (Å²) < 4.78 is 14.9. The van der Waals surface area contributed by atoms with Gasteiger partial charge < -0.3 is 5.32 Å². The zero-order valence-corrected chi connectivity index (χ0v) is 16.4. The number of nitrogens with zero attached hydrogens (tertiary/aromatic N) is 2. The van der Waals surface area contributed by atoms with E-state index in [1.54, 1.807) is 16.8 Å². The Morgan fingerprint density at radius 3 is 2.69 bits per heavy atom. The number of aromatic nitrogens is 2. The van der Waals surface area contributed by atoms with E-state index in [2.05, 4.69) is 15.7 Å². The Kier molecular flexibility index (Phi) is 5.18. The average molecular weight is 409 g/mol. The fraction of sp³-hybridized carbons (Fsp3) is 0.0909. The first-order valence-electron chi connectivity index (χ1n) is 9.04. The van der Waals surface area contributed by atoms with E-state index in [0.717, 1.165) is 27.7 Å². The molecule has 0 aliphatic heterocycles. The van der Waals surface area contributed by atoms with Crippen molar-refractivity contribution in [2.24, 2.45) is 0 Å². The maximum Gasteiger partial charge on any atom is 0.324 e. The van der Waals surface area contributed by atoms with Gasteiger partial charge in [0.25, 0.3) is 0 Å². The normalized spacial score (nSPS) is 10.9. The molecule has 0 saturated heterocycles. The monoisotopic (exact) mass is 408 g/mol. The first-order valence-corrected chi connectivity index (χ1v) is 9.41. The van der Waals surface area contributed by atoms with Crippen molar-refractivity contribution >= 4 is 39.9 Å². The molecule has 0 atom stereocenters. The highest BCUT2D eigenvalue weighted by Crippen LogP contribution is 2.23. The van der Waals surface area contributed by atoms with Crippen LogP contribution in [-0.2, 0) is 6.54 Å². The number of anilines is 2. The molecule has 0 spiro atoms. The Labute approximate surface area is 172 Å². The lowest BCUT2D eigenvalue weighted by atomic mass is 10.1. The van der Waals surface area contributed by atoms with Crippen LogP contribution >= 0.6 is 11.6 Å². The third kappa shape index (κ3) is 4.22. The Hall–Kier alpha value is -3.38. The van der Waals surface area contributed by atoms with Gasteiger partial charge in [-0.2, -0.15) is 5.10 Å². The minimum atomic E-state index is -0.386. The summed E-state index contributed by atoms with van der Waals surface area (Å²) >= 11 is 6.10. The number of benzene rings is 3. The molecule has 0 radical (unpaired) electrons. The molecule has 1 aromatic heterocycles. The molecular weight excluding hydrogens is 391 g/mol. The second kappa shape index (κ2) is 7.93. The van der Waals surface area contributed by atoms with Gasteiger partial charge in [-0.25, -0.2) is 9.18 Å². The van der Waals surface area contributed by atoms with Crippen molar-refractivity contribution < 1.29 is 9.18 Å². The molecule has 2 amide bonds. The first kappa shape index (κ1) is 19.0. The Bertz CT molecular complexity index is 1200. The van der Waals surface area contributed by atoms with E-state index in [0.29, 0.717) is 17.4 Å². The predicted octanol–water partition coefficient (Wildman–Crippen LogP) is 5.83. The van der Waals surface area contributed by atoms with E-state index in [1.807, 2.05) is 49.4 Å². The predicted molar refractivity (Wildman–Crippen MR) is 114 cm³/mol. The summed E-state index contributed by atoms with van der Waals surface area (Å²) in [6.45, 7) is 2.25. The summed E-state index contributed by atoms with van der Waals surface area (Å²) in [7, 11) is 0. The van der Waals surface area contributed by atoms with E-state index in [1.165, 1.54) is 12.1 Å². The number of amides is 2. The van der Waals surface area contributed by atoms with Gasteiger partial charge in [0.1, 0.15) is 5.82 Å². The van der Waals surface area contributed by atoms with Crippen LogP contribution in [0.3, 0.4) is 0 Å². The lowest BCUT2D eigenvalue weighted by Gasteiger charge is -2.09. The third-order valence-electron chi connectivity index (χ3n) is 4.60. The van der Waals surface area contributed by atoms with Crippen molar-refractivity contribution in [1.29, 1.82) is 0 Å². The van der Waals surface area contributed by atoms with Crippen LogP contribution in [0.5, 0.6) is 0 Å². The van der Waals surface area contributed by atoms with Crippen LogP contribution in [-0.4, -0.2) is 15.8 Å². The molecule has 0 fully saturated rings. The number of halogens is 2. The summed E-state index contributed by atoms with van der Waals surface area (Å²) in [5, 5.41) is 12.4. The van der Waals surface area contributed by atoms with Gasteiger partial charge in [-0.05, 0) is 36.1 Å². The van der Waals surface area contributed by atoms with Crippen molar-refractivity contribution in [1.82, 2.24) is 9.78 Å². The van der Waals surface area contributed by atoms with Gasteiger partial charge in [0, 0.05) is 22.2 Å². The second-order valence-corrected chi connectivity index (χ2v) is 7.08. The molecule has 0 unspecified atom stereocenters. The molecule has 146 valence electrons. The van der Waals surface area contributed by atoms with E-state index in [4.69, 9.17) is 11.6 Å². The zero-order chi connectivity index (χ0) is 20.4. The number of rotatable bonds is 4. The van der Waals surface area contributed by atoms with Crippen molar-refractivity contribution in [3.8, 4) is 0 Å². The van der Waals surface area contributed by atoms with E-state index in [-0.39, 0.29) is 11.8 Å². The molecule has 0 saturated carbocycles. The molecule has 0 bridgehead atoms. The fourth-order valence-corrected chi connectivity index (χ4v) is 3.37. The molecule has 4 aromatic rings. The topological polar surface area (TPSA) is 59.0 Å². The smallest absolute Gasteiger partial charge is 0.307 e. The third-order valence-corrected chi connectivity index (χ3v) is 4.95. The summed E-state index contributed by atoms with van der Waals surface area (Å²) in [5.41, 5.74) is 2.30. The molecule has 29 heavy (non-hydrogen) atoms. The fourth-order valence-electron chi connectivity index (χ4n) is 3.15. The first-order chi connectivity index (χ1) is 14.0. The largest absolute Gasteiger partial charge is 0.324 e. The quantitative estimate of drug-likeness (QED) is 0.446. The van der Waals surface area contributed by atoms with Crippen LogP contribution in [0.4, 0.5) is 20.7 Å². The Balaban J connectivity index is 1.48. The van der Waals surface area contributed by atoms with Gasteiger partial charge in [-0.3, -0.25) is 10.00 Å². The van der Waals surface area contributed by atoms with Crippen LogP contribution in [0.15, 0.2) is 66.7 Å². The minimum Gasteiger partial charge on any atom is -0.307 e. The summed E-state index contributed by atoms with van der Waals surface area (Å²) in [5.74, 6) is 0.0295. The highest BCUT2D eigenvalue weighted by atomic mass is 35.5. The number of hydrogen-bond donors (Lipinski definition) is 2. The average Bonchev–Trinajstić information content (AvgIpc) is 3.03. The van der Waals surface area contributed by atoms with Crippen LogP contribution in [0.1, 0.15) is 11.3 Å². The number of carbonyl (C=O) groups is 1. The number of nitrogens with one attached hydrogen (secondary N) is 2. The standard InChI is InChI=1S/C22H18ClFN4O/c1-14-11-21(27-28(14)13-16-9-10-17(24)12-19(16)23)26-22(29)25-20-8-4-6-15-5-2-3-7-18(15)20/h2-12H,13H2,1H3,(H2,25,26,27,29). The van der Waals surface area contributed by atoms with Crippen molar-refractivity contribution in [3.05, 3.63) is 88.8 Å². The van der Waals surface area contributed by atoms with Gasteiger partial charge in [-0.1, -0.05) is 54.1 Å². The number of hydrogen-bond acceptors (Lipinski definition) is 2. The minimum absolute atomic E-state index is 0.336. The molecule has 7 heteroatoms. The highest BCUT2D eigenvalue weighted by molar-refractivity contribution is 6.31. The molecule has 4 rings (SSSR count). The van der Waals surface area contributed by atoms with Crippen LogP contribution in [0.2, 0.25) is 5.02 Å². The van der Waals surface area contributed by atoms with Crippen LogP contribution in [0.25, 0.3) is 10.8 Å². The maximum absolute atomic E-state index is 13.2. The van der Waals surface area contributed by atoms with Gasteiger partial charge >= 0.3 is 6.03 Å². The van der Waals surface area contributed by atoms with Gasteiger partial charge in [-0.15, -0.1) is 0 Å². The lowest BCUT2D eigenvalue weighted by molar-refractivity contribution is 0.262. The van der Waals surface area contributed by atoms with Crippen LogP contribution in [0, 0.1) is 12.7 Å². The van der Waals surface area contributed by atoms with E-state index in [9.17, 15) is 9.18 Å². The molecule has 2 N–H and O–H groups in total. The molecular formula is C22H18ClFN4O. The molecule has 0 aliphatic rings. The number of urea groups is 1. The Morgan fingerprint density at radius 1 is 1.07 bits per heavy atom. The molecule has 3 aromatic carbocycles. The summed E-state index contributed by atoms with van der Waals surface area (Å²) in [6, 6.07) is 19.2. The molecule has 0 aliphatic carbocycles. The van der Waals surface area contributed by atoms with Crippen molar-refractivity contribution in [2.45, 2.75) is 13.5 Å². The highest BCUT2D eigenvalue weighted by Gasteiger charge is 2.11. The van der Waals surface area contributed by atoms with Crippen molar-refractivity contribution in [3.63, 3.8) is 0 Å². The SMILES string of the molecule is Cc1cc(NC(=O)Nc2cccc3ccccc23)nn1Cc1ccc(F)cc1Cl. The zero-order valence-electron chi connectivity index (χ0n) is 15.6. The van der Waals surface area contributed by atoms with Gasteiger partial charge in [0.15, 0.2) is 5.82 Å². The number of aryl methyl sites for hydroxylation is 1. The number of carbonyl (C=O) groups excluding carboxylic acids is 1. The number of fused-ring (bicyclic) bond motifs is 1. The Morgan fingerprint density at radius 2 is 1.86 bits per heavy atom. The summed E-state index contributed by atoms with van der Waals surface area (Å²) in [6.07, 6.45) is 0. The van der Waals surface area contributed by atoms with Crippen LogP contribution < -0.4 is 10.6 Å². The van der Waals surface area contributed by atoms with E-state index >= 15 is 0 Å². The molecule has 1 heterocycles. The van der Waals surface area contributed by atoms with Gasteiger partial charge in [0.05, 0.1) is 12.2 Å². The van der Waals surface area contributed by atoms with E-state index < -0.39 is 0 Å². The van der Waals surface area contributed by atoms with Crippen molar-refractivity contribution in [2.75, 3.05) is 10.6 Å².